The Labute approximate surface area is 95.6 Å². The maximum absolute atomic E-state index is 11.1. The van der Waals surface area contributed by atoms with E-state index >= 15 is 0 Å². The molecule has 0 saturated carbocycles. The molecule has 2 nitrogen and oxygen atoms in total. The molecule has 0 fully saturated rings. The van der Waals surface area contributed by atoms with Crippen LogP contribution >= 0.6 is 0 Å². The van der Waals surface area contributed by atoms with E-state index in [4.69, 9.17) is 5.11 Å². The largest absolute Gasteiger partial charge is 0.478 e. The Morgan fingerprint density at radius 1 is 1.25 bits per heavy atom. The third kappa shape index (κ3) is 2.32. The smallest absolute Gasteiger partial charge is 0.335 e. The number of aromatic carboxylic acids is 1. The first-order chi connectivity index (χ1) is 7.79. The Bertz CT molecular complexity index is 407. The monoisotopic (exact) mass is 216 g/mol. The zero-order valence-electron chi connectivity index (χ0n) is 9.23. The zero-order chi connectivity index (χ0) is 11.4. The van der Waals surface area contributed by atoms with E-state index in [1.807, 2.05) is 12.1 Å². The van der Waals surface area contributed by atoms with Crippen LogP contribution in [0, 0.1) is 0 Å². The van der Waals surface area contributed by atoms with Gasteiger partial charge >= 0.3 is 5.97 Å². The highest BCUT2D eigenvalue weighted by atomic mass is 16.4. The van der Waals surface area contributed by atoms with Gasteiger partial charge in [0.15, 0.2) is 0 Å². The van der Waals surface area contributed by atoms with E-state index in [1.165, 1.54) is 0 Å². The Kier molecular flexibility index (Phi) is 3.40. The van der Waals surface area contributed by atoms with Gasteiger partial charge in [-0.25, -0.2) is 4.79 Å². The van der Waals surface area contributed by atoms with Crippen LogP contribution < -0.4 is 0 Å². The van der Waals surface area contributed by atoms with Crippen LogP contribution in [0.4, 0.5) is 0 Å². The van der Waals surface area contributed by atoms with Crippen molar-refractivity contribution in [1.82, 2.24) is 0 Å². The van der Waals surface area contributed by atoms with Crippen molar-refractivity contribution in [2.75, 3.05) is 0 Å². The lowest BCUT2D eigenvalue weighted by Gasteiger charge is -2.16. The second-order valence-electron chi connectivity index (χ2n) is 4.23. The Balaban J connectivity index is 2.31. The van der Waals surface area contributed by atoms with Gasteiger partial charge in [0, 0.05) is 0 Å². The molecule has 0 aromatic heterocycles. The van der Waals surface area contributed by atoms with E-state index in [9.17, 15) is 4.79 Å². The average molecular weight is 216 g/mol. The molecule has 0 heterocycles. The van der Waals surface area contributed by atoms with Crippen molar-refractivity contribution in [1.29, 1.82) is 0 Å². The normalized spacial score (nSPS) is 20.4. The zero-order valence-corrected chi connectivity index (χ0v) is 9.23. The summed E-state index contributed by atoms with van der Waals surface area (Å²) in [6.45, 7) is 0. The molecule has 0 radical (unpaired) electrons. The van der Waals surface area contributed by atoms with E-state index < -0.39 is 5.97 Å². The van der Waals surface area contributed by atoms with Crippen LogP contribution in [0.2, 0.25) is 0 Å². The topological polar surface area (TPSA) is 37.3 Å². The first kappa shape index (κ1) is 10.9. The highest BCUT2D eigenvalue weighted by Crippen LogP contribution is 2.30. The van der Waals surface area contributed by atoms with Gasteiger partial charge in [-0.05, 0) is 43.2 Å². The van der Waals surface area contributed by atoms with Crippen molar-refractivity contribution < 1.29 is 9.90 Å². The maximum atomic E-state index is 11.1. The lowest BCUT2D eigenvalue weighted by molar-refractivity contribution is 0.0695. The third-order valence-electron chi connectivity index (χ3n) is 3.14. The molecular weight excluding hydrogens is 200 g/mol. The lowest BCUT2D eigenvalue weighted by Crippen LogP contribution is -2.06. The van der Waals surface area contributed by atoms with Gasteiger partial charge < -0.3 is 5.11 Å². The van der Waals surface area contributed by atoms with Crippen molar-refractivity contribution >= 4 is 5.97 Å². The fourth-order valence-electron chi connectivity index (χ4n) is 2.31. The molecule has 0 bridgehead atoms. The van der Waals surface area contributed by atoms with Crippen molar-refractivity contribution in [2.24, 2.45) is 0 Å². The van der Waals surface area contributed by atoms with Gasteiger partial charge in [-0.15, -0.1) is 0 Å². The maximum Gasteiger partial charge on any atom is 0.335 e. The summed E-state index contributed by atoms with van der Waals surface area (Å²) in [6, 6.07) is 7.37. The van der Waals surface area contributed by atoms with Gasteiger partial charge in [0.25, 0.3) is 0 Å². The molecule has 0 spiro atoms. The van der Waals surface area contributed by atoms with Crippen LogP contribution in [-0.2, 0) is 0 Å². The molecule has 1 aliphatic rings. The fraction of sp³-hybridized carbons (Fsp3) is 0.357. The number of hydrogen-bond donors (Lipinski definition) is 1. The summed E-state index contributed by atoms with van der Waals surface area (Å²) in [7, 11) is 0. The quantitative estimate of drug-likeness (QED) is 0.767. The van der Waals surface area contributed by atoms with Crippen molar-refractivity contribution in [3.05, 3.63) is 47.5 Å². The summed E-state index contributed by atoms with van der Waals surface area (Å²) in [5.41, 5.74) is 1.45. The molecule has 2 rings (SSSR count). The average Bonchev–Trinajstić information content (AvgIpc) is 2.57. The van der Waals surface area contributed by atoms with Crippen LogP contribution in [0.3, 0.4) is 0 Å². The van der Waals surface area contributed by atoms with Gasteiger partial charge in [-0.3, -0.25) is 0 Å². The fourth-order valence-corrected chi connectivity index (χ4v) is 2.31. The number of hydrogen-bond acceptors (Lipinski definition) is 1. The van der Waals surface area contributed by atoms with Crippen LogP contribution in [0.5, 0.6) is 0 Å². The highest BCUT2D eigenvalue weighted by Gasteiger charge is 2.18. The molecule has 1 unspecified atom stereocenters. The molecule has 1 aromatic carbocycles. The summed E-state index contributed by atoms with van der Waals surface area (Å²) in [6.07, 6.45) is 8.68. The summed E-state index contributed by atoms with van der Waals surface area (Å²) < 4.78 is 0. The summed E-state index contributed by atoms with van der Waals surface area (Å²) in [5, 5.41) is 9.15. The summed E-state index contributed by atoms with van der Waals surface area (Å²) >= 11 is 0. The second kappa shape index (κ2) is 4.97. The summed E-state index contributed by atoms with van der Waals surface area (Å²) in [4.78, 5) is 11.1. The van der Waals surface area contributed by atoms with Crippen LogP contribution in [0.25, 0.3) is 0 Å². The molecule has 1 aromatic rings. The van der Waals surface area contributed by atoms with Gasteiger partial charge in [0.2, 0.25) is 0 Å². The SMILES string of the molecule is O=C(O)c1ccccc1C1CC=CCCC1. The first-order valence-corrected chi connectivity index (χ1v) is 5.76. The number of carbonyl (C=O) groups is 1. The number of allylic oxidation sites excluding steroid dienone is 2. The molecule has 1 aliphatic carbocycles. The predicted octanol–water partition coefficient (Wildman–Crippen LogP) is 3.60. The standard InChI is InChI=1S/C14H16O2/c15-14(16)13-10-6-5-9-12(13)11-7-3-1-2-4-8-11/h1,3,5-6,9-11H,2,4,7-8H2,(H,15,16). The molecule has 0 aliphatic heterocycles. The lowest BCUT2D eigenvalue weighted by atomic mass is 9.89. The van der Waals surface area contributed by atoms with Crippen LogP contribution in [0.1, 0.15) is 47.5 Å². The highest BCUT2D eigenvalue weighted by molar-refractivity contribution is 5.89. The van der Waals surface area contributed by atoms with Crippen LogP contribution in [0.15, 0.2) is 36.4 Å². The van der Waals surface area contributed by atoms with E-state index in [0.29, 0.717) is 11.5 Å². The minimum atomic E-state index is -0.816. The molecule has 0 saturated heterocycles. The number of benzene rings is 1. The van der Waals surface area contributed by atoms with E-state index in [2.05, 4.69) is 12.2 Å². The van der Waals surface area contributed by atoms with Gasteiger partial charge in [-0.1, -0.05) is 30.4 Å². The molecule has 0 amide bonds. The molecule has 1 atom stereocenters. The van der Waals surface area contributed by atoms with Crippen LogP contribution in [-0.4, -0.2) is 11.1 Å². The van der Waals surface area contributed by atoms with E-state index in [0.717, 1.165) is 31.2 Å². The molecule has 1 N–H and O–H groups in total. The van der Waals surface area contributed by atoms with E-state index in [1.54, 1.807) is 12.1 Å². The number of carboxylic acid groups (broad SMARTS) is 1. The Morgan fingerprint density at radius 2 is 2.06 bits per heavy atom. The van der Waals surface area contributed by atoms with Crippen molar-refractivity contribution in [3.8, 4) is 0 Å². The minimum Gasteiger partial charge on any atom is -0.478 e. The molecule has 16 heavy (non-hydrogen) atoms. The van der Waals surface area contributed by atoms with Gasteiger partial charge in [-0.2, -0.15) is 0 Å². The second-order valence-corrected chi connectivity index (χ2v) is 4.23. The number of carboxylic acids is 1. The third-order valence-corrected chi connectivity index (χ3v) is 3.14. The molecule has 2 heteroatoms. The Hall–Kier alpha value is -1.57. The van der Waals surface area contributed by atoms with Gasteiger partial charge in [0.05, 0.1) is 5.56 Å². The number of rotatable bonds is 2. The van der Waals surface area contributed by atoms with Crippen molar-refractivity contribution in [2.45, 2.75) is 31.6 Å². The molecular formula is C14H16O2. The van der Waals surface area contributed by atoms with Crippen molar-refractivity contribution in [3.63, 3.8) is 0 Å². The van der Waals surface area contributed by atoms with E-state index in [-0.39, 0.29) is 0 Å². The Morgan fingerprint density at radius 3 is 2.88 bits per heavy atom. The molecule has 84 valence electrons. The van der Waals surface area contributed by atoms with Gasteiger partial charge in [0.1, 0.15) is 0 Å². The summed E-state index contributed by atoms with van der Waals surface area (Å²) in [5.74, 6) is -0.449. The first-order valence-electron chi connectivity index (χ1n) is 5.76. The predicted molar refractivity (Wildman–Crippen MR) is 63.8 cm³/mol. The minimum absolute atomic E-state index is 0.367.